The summed E-state index contributed by atoms with van der Waals surface area (Å²) in [7, 11) is 0. The van der Waals surface area contributed by atoms with Gasteiger partial charge in [0.25, 0.3) is 0 Å². The highest BCUT2D eigenvalue weighted by Crippen LogP contribution is 2.23. The molecule has 6 nitrogen and oxygen atoms in total. The normalized spacial score (nSPS) is 14.5. The van der Waals surface area contributed by atoms with Crippen LogP contribution in [0.2, 0.25) is 0 Å². The van der Waals surface area contributed by atoms with Gasteiger partial charge in [-0.3, -0.25) is 4.79 Å². The summed E-state index contributed by atoms with van der Waals surface area (Å²) in [6.45, 7) is 0. The van der Waals surface area contributed by atoms with E-state index in [0.717, 1.165) is 11.3 Å². The first-order valence-corrected chi connectivity index (χ1v) is 4.78. The number of carbonyl (C=O) groups excluding carboxylic acids is 1. The van der Waals surface area contributed by atoms with E-state index in [1.807, 2.05) is 0 Å². The number of primary amides is 1. The third-order valence-corrected chi connectivity index (χ3v) is 2.70. The topological polar surface area (TPSA) is 121 Å². The van der Waals surface area contributed by atoms with Crippen molar-refractivity contribution in [3.8, 4) is 0 Å². The highest BCUT2D eigenvalue weighted by atomic mass is 32.1. The fourth-order valence-corrected chi connectivity index (χ4v) is 1.73. The fourth-order valence-electron chi connectivity index (χ4n) is 0.956. The zero-order valence-corrected chi connectivity index (χ0v) is 8.27. The molecular weight excluding hydrogens is 222 g/mol. The van der Waals surface area contributed by atoms with E-state index in [2.05, 4.69) is 0 Å². The molecule has 0 bridgehead atoms. The molecule has 0 aliphatic carbocycles. The molecule has 1 amide bonds. The molecule has 0 aromatic carbocycles. The van der Waals surface area contributed by atoms with E-state index in [1.165, 1.54) is 11.4 Å². The number of hydrogen-bond donors (Lipinski definition) is 4. The largest absolute Gasteiger partial charge is 0.477 e. The molecule has 82 valence electrons. The van der Waals surface area contributed by atoms with Crippen molar-refractivity contribution >= 4 is 23.2 Å². The molecule has 15 heavy (non-hydrogen) atoms. The van der Waals surface area contributed by atoms with Gasteiger partial charge in [-0.15, -0.1) is 11.3 Å². The molecule has 1 heterocycles. The molecule has 0 radical (unpaired) electrons. The lowest BCUT2D eigenvalue weighted by atomic mass is 10.1. The SMILES string of the molecule is NC(=O)C(O)C(O)c1csc(C(=O)O)c1. The Bertz CT molecular complexity index is 388. The van der Waals surface area contributed by atoms with Crippen LogP contribution in [0.15, 0.2) is 11.4 Å². The van der Waals surface area contributed by atoms with Crippen LogP contribution in [0, 0.1) is 0 Å². The number of aliphatic hydroxyl groups is 2. The van der Waals surface area contributed by atoms with Crippen LogP contribution in [0.5, 0.6) is 0 Å². The molecule has 0 saturated carbocycles. The molecule has 1 aromatic heterocycles. The monoisotopic (exact) mass is 231 g/mol. The number of carboxylic acid groups (broad SMARTS) is 1. The van der Waals surface area contributed by atoms with Gasteiger partial charge in [0.15, 0.2) is 6.10 Å². The number of hydrogen-bond acceptors (Lipinski definition) is 5. The summed E-state index contributed by atoms with van der Waals surface area (Å²) in [6.07, 6.45) is -3.23. The molecule has 7 heteroatoms. The van der Waals surface area contributed by atoms with E-state index >= 15 is 0 Å². The van der Waals surface area contributed by atoms with Gasteiger partial charge in [0.05, 0.1) is 0 Å². The number of thiophene rings is 1. The van der Waals surface area contributed by atoms with Gasteiger partial charge in [0, 0.05) is 0 Å². The fraction of sp³-hybridized carbons (Fsp3) is 0.250. The molecule has 0 saturated heterocycles. The minimum absolute atomic E-state index is 0.0146. The Hall–Kier alpha value is -1.44. The summed E-state index contributed by atoms with van der Waals surface area (Å²) >= 11 is 0.892. The van der Waals surface area contributed by atoms with Crippen LogP contribution in [0.3, 0.4) is 0 Å². The number of aromatic carboxylic acids is 1. The van der Waals surface area contributed by atoms with E-state index in [0.29, 0.717) is 0 Å². The van der Waals surface area contributed by atoms with E-state index in [9.17, 15) is 14.7 Å². The summed E-state index contributed by atoms with van der Waals surface area (Å²) in [6, 6.07) is 1.18. The number of rotatable bonds is 4. The predicted molar refractivity (Wildman–Crippen MR) is 51.4 cm³/mol. The second-order valence-corrected chi connectivity index (χ2v) is 3.75. The van der Waals surface area contributed by atoms with Crippen LogP contribution in [0.4, 0.5) is 0 Å². The lowest BCUT2D eigenvalue weighted by molar-refractivity contribution is -0.131. The molecule has 0 aliphatic heterocycles. The zero-order chi connectivity index (χ0) is 11.6. The number of carbonyl (C=O) groups is 2. The highest BCUT2D eigenvalue weighted by molar-refractivity contribution is 7.12. The Labute approximate surface area is 88.6 Å². The van der Waals surface area contributed by atoms with Crippen molar-refractivity contribution in [2.75, 3.05) is 0 Å². The van der Waals surface area contributed by atoms with Gasteiger partial charge < -0.3 is 21.1 Å². The molecule has 2 atom stereocenters. The summed E-state index contributed by atoms with van der Waals surface area (Å²) in [5.74, 6) is -2.20. The smallest absolute Gasteiger partial charge is 0.345 e. The van der Waals surface area contributed by atoms with Gasteiger partial charge in [-0.2, -0.15) is 0 Å². The van der Waals surface area contributed by atoms with Crippen molar-refractivity contribution in [1.82, 2.24) is 0 Å². The summed E-state index contributed by atoms with van der Waals surface area (Å²) in [4.78, 5) is 21.1. The standard InChI is InChI=1S/C8H9NO5S/c9-7(12)6(11)5(10)3-1-4(8(13)14)15-2-3/h1-2,5-6,10-11H,(H2,9,12)(H,13,14). The van der Waals surface area contributed by atoms with Crippen molar-refractivity contribution in [3.05, 3.63) is 21.9 Å². The number of aliphatic hydroxyl groups excluding tert-OH is 2. The number of amides is 1. The third-order valence-electron chi connectivity index (χ3n) is 1.76. The highest BCUT2D eigenvalue weighted by Gasteiger charge is 2.24. The quantitative estimate of drug-likeness (QED) is 0.547. The Morgan fingerprint density at radius 2 is 2.00 bits per heavy atom. The average Bonchev–Trinajstić information content (AvgIpc) is 2.64. The Balaban J connectivity index is 2.87. The van der Waals surface area contributed by atoms with E-state index < -0.39 is 24.1 Å². The third kappa shape index (κ3) is 2.52. The van der Waals surface area contributed by atoms with Crippen LogP contribution in [0.1, 0.15) is 21.3 Å². The van der Waals surface area contributed by atoms with Crippen molar-refractivity contribution in [1.29, 1.82) is 0 Å². The van der Waals surface area contributed by atoms with Crippen LogP contribution >= 0.6 is 11.3 Å². The van der Waals surface area contributed by atoms with Crippen molar-refractivity contribution in [2.45, 2.75) is 12.2 Å². The van der Waals surface area contributed by atoms with Gasteiger partial charge in [-0.05, 0) is 17.0 Å². The maximum absolute atomic E-state index is 10.6. The lowest BCUT2D eigenvalue weighted by Crippen LogP contribution is -2.33. The first-order valence-electron chi connectivity index (χ1n) is 3.90. The molecule has 0 spiro atoms. The summed E-state index contributed by atoms with van der Waals surface area (Å²) in [5, 5.41) is 28.5. The minimum Gasteiger partial charge on any atom is -0.477 e. The second-order valence-electron chi connectivity index (χ2n) is 2.84. The van der Waals surface area contributed by atoms with E-state index in [1.54, 1.807) is 0 Å². The van der Waals surface area contributed by atoms with Gasteiger partial charge in [0.1, 0.15) is 11.0 Å². The maximum Gasteiger partial charge on any atom is 0.345 e. The van der Waals surface area contributed by atoms with Gasteiger partial charge in [-0.1, -0.05) is 0 Å². The van der Waals surface area contributed by atoms with Crippen LogP contribution in [0.25, 0.3) is 0 Å². The summed E-state index contributed by atoms with van der Waals surface area (Å²) < 4.78 is 0. The molecule has 0 fully saturated rings. The van der Waals surface area contributed by atoms with Crippen molar-refractivity contribution in [3.63, 3.8) is 0 Å². The zero-order valence-electron chi connectivity index (χ0n) is 7.45. The average molecular weight is 231 g/mol. The maximum atomic E-state index is 10.6. The van der Waals surface area contributed by atoms with Crippen molar-refractivity contribution in [2.24, 2.45) is 5.73 Å². The minimum atomic E-state index is -1.73. The first kappa shape index (κ1) is 11.6. The lowest BCUT2D eigenvalue weighted by Gasteiger charge is -2.12. The Kier molecular flexibility index (Phi) is 3.40. The van der Waals surface area contributed by atoms with Crippen LogP contribution in [-0.2, 0) is 4.79 Å². The van der Waals surface area contributed by atoms with Crippen LogP contribution in [-0.4, -0.2) is 33.3 Å². The Morgan fingerprint density at radius 3 is 2.40 bits per heavy atom. The first-order chi connectivity index (χ1) is 6.93. The summed E-state index contributed by atoms with van der Waals surface area (Å²) in [5.41, 5.74) is 4.94. The number of carboxylic acids is 1. The van der Waals surface area contributed by atoms with E-state index in [4.69, 9.17) is 15.9 Å². The molecule has 1 rings (SSSR count). The molecule has 1 aromatic rings. The predicted octanol–water partition coefficient (Wildman–Crippen LogP) is -0.674. The second kappa shape index (κ2) is 4.39. The van der Waals surface area contributed by atoms with Gasteiger partial charge in [-0.25, -0.2) is 4.79 Å². The molecule has 2 unspecified atom stereocenters. The molecule has 0 aliphatic rings. The van der Waals surface area contributed by atoms with Gasteiger partial charge >= 0.3 is 5.97 Å². The Morgan fingerprint density at radius 1 is 1.40 bits per heavy atom. The number of nitrogens with two attached hydrogens (primary N) is 1. The van der Waals surface area contributed by atoms with E-state index in [-0.39, 0.29) is 10.4 Å². The van der Waals surface area contributed by atoms with Crippen LogP contribution < -0.4 is 5.73 Å². The molecular formula is C8H9NO5S. The van der Waals surface area contributed by atoms with Crippen molar-refractivity contribution < 1.29 is 24.9 Å². The molecule has 5 N–H and O–H groups in total. The van der Waals surface area contributed by atoms with Gasteiger partial charge in [0.2, 0.25) is 5.91 Å².